The zero-order valence-corrected chi connectivity index (χ0v) is 15.1. The number of aliphatic hydroxyl groups excluding tert-OH is 2. The monoisotopic (exact) mass is 375 g/mol. The van der Waals surface area contributed by atoms with Crippen molar-refractivity contribution in [2.24, 2.45) is 0 Å². The summed E-state index contributed by atoms with van der Waals surface area (Å²) in [5, 5.41) is 24.3. The first-order valence-corrected chi connectivity index (χ1v) is 9.78. The molecule has 0 unspecified atom stereocenters. The first kappa shape index (κ1) is 17.3. The standard InChI is InChI=1S/C18H25N5O4/c24-14-12(7-26-11-5-6-11)27-18(15(14)25)23-9-21-13-16(19-8-20-17(13)23)22-10-3-1-2-4-10/h8-12,14-15,18,24-25H,1-7H2,(H,19,20,22)/t12-,14-,15-,18-/m1/s1. The van der Waals surface area contributed by atoms with Crippen molar-refractivity contribution < 1.29 is 19.7 Å². The number of imidazole rings is 1. The molecule has 1 saturated heterocycles. The second kappa shape index (κ2) is 6.97. The summed E-state index contributed by atoms with van der Waals surface area (Å²) in [6.07, 6.45) is 6.75. The van der Waals surface area contributed by atoms with Crippen LogP contribution in [-0.4, -0.2) is 66.8 Å². The molecule has 0 bridgehead atoms. The maximum absolute atomic E-state index is 10.5. The molecule has 146 valence electrons. The molecule has 2 saturated carbocycles. The molecule has 0 spiro atoms. The molecule has 2 aliphatic carbocycles. The third-order valence-electron chi connectivity index (χ3n) is 5.69. The Morgan fingerprint density at radius 3 is 2.70 bits per heavy atom. The van der Waals surface area contributed by atoms with E-state index < -0.39 is 24.5 Å². The van der Waals surface area contributed by atoms with E-state index in [9.17, 15) is 10.2 Å². The van der Waals surface area contributed by atoms with Gasteiger partial charge in [-0.05, 0) is 25.7 Å². The number of hydrogen-bond acceptors (Lipinski definition) is 8. The molecular formula is C18H25N5O4. The van der Waals surface area contributed by atoms with Gasteiger partial charge in [0.15, 0.2) is 23.2 Å². The van der Waals surface area contributed by atoms with E-state index in [-0.39, 0.29) is 12.7 Å². The lowest BCUT2D eigenvalue weighted by Gasteiger charge is -2.17. The van der Waals surface area contributed by atoms with Crippen molar-refractivity contribution in [1.29, 1.82) is 0 Å². The molecule has 0 amide bonds. The second-order valence-electron chi connectivity index (χ2n) is 7.75. The van der Waals surface area contributed by atoms with Gasteiger partial charge < -0.3 is 25.0 Å². The molecule has 9 heteroatoms. The maximum Gasteiger partial charge on any atom is 0.167 e. The van der Waals surface area contributed by atoms with Crippen LogP contribution in [0.5, 0.6) is 0 Å². The molecule has 9 nitrogen and oxygen atoms in total. The predicted octanol–water partition coefficient (Wildman–Crippen LogP) is 0.979. The highest BCUT2D eigenvalue weighted by atomic mass is 16.6. The third-order valence-corrected chi connectivity index (χ3v) is 5.69. The molecule has 2 aromatic rings. The Morgan fingerprint density at radius 2 is 1.93 bits per heavy atom. The quantitative estimate of drug-likeness (QED) is 0.684. The van der Waals surface area contributed by atoms with Gasteiger partial charge in [0.05, 0.1) is 19.0 Å². The molecule has 3 heterocycles. The molecule has 5 rings (SSSR count). The second-order valence-corrected chi connectivity index (χ2v) is 7.75. The normalized spacial score (nSPS) is 31.8. The Labute approximate surface area is 156 Å². The first-order valence-electron chi connectivity index (χ1n) is 9.78. The van der Waals surface area contributed by atoms with Gasteiger partial charge in [-0.25, -0.2) is 15.0 Å². The molecule has 3 aliphatic rings. The number of ether oxygens (including phenoxy) is 2. The van der Waals surface area contributed by atoms with E-state index in [1.165, 1.54) is 19.2 Å². The topological polar surface area (TPSA) is 115 Å². The van der Waals surface area contributed by atoms with Crippen LogP contribution >= 0.6 is 0 Å². The van der Waals surface area contributed by atoms with Crippen LogP contribution < -0.4 is 5.32 Å². The number of rotatable bonds is 6. The number of nitrogens with one attached hydrogen (secondary N) is 1. The average Bonchev–Trinajstić information content (AvgIpc) is 3.06. The fourth-order valence-electron chi connectivity index (χ4n) is 3.97. The summed E-state index contributed by atoms with van der Waals surface area (Å²) in [7, 11) is 0. The first-order chi connectivity index (χ1) is 13.2. The number of hydrogen-bond donors (Lipinski definition) is 3. The Balaban J connectivity index is 1.37. The molecular weight excluding hydrogens is 350 g/mol. The van der Waals surface area contributed by atoms with E-state index in [4.69, 9.17) is 9.47 Å². The van der Waals surface area contributed by atoms with Crippen LogP contribution in [0.3, 0.4) is 0 Å². The van der Waals surface area contributed by atoms with E-state index in [1.54, 1.807) is 10.9 Å². The molecule has 3 N–H and O–H groups in total. The van der Waals surface area contributed by atoms with E-state index >= 15 is 0 Å². The minimum atomic E-state index is -1.07. The van der Waals surface area contributed by atoms with Crippen LogP contribution in [0.2, 0.25) is 0 Å². The molecule has 0 radical (unpaired) electrons. The minimum Gasteiger partial charge on any atom is -0.387 e. The fraction of sp³-hybridized carbons (Fsp3) is 0.722. The van der Waals surface area contributed by atoms with Crippen molar-refractivity contribution in [3.63, 3.8) is 0 Å². The number of aliphatic hydroxyl groups is 2. The third kappa shape index (κ3) is 3.29. The highest BCUT2D eigenvalue weighted by Gasteiger charge is 2.45. The van der Waals surface area contributed by atoms with E-state index in [2.05, 4.69) is 20.3 Å². The van der Waals surface area contributed by atoms with Crippen LogP contribution in [-0.2, 0) is 9.47 Å². The summed E-state index contributed by atoms with van der Waals surface area (Å²) in [5.41, 5.74) is 1.22. The van der Waals surface area contributed by atoms with Crippen LogP contribution in [0.1, 0.15) is 44.8 Å². The number of nitrogens with zero attached hydrogens (tertiary/aromatic N) is 4. The lowest BCUT2D eigenvalue weighted by atomic mass is 10.1. The number of fused-ring (bicyclic) bond motifs is 1. The summed E-state index contributed by atoms with van der Waals surface area (Å²) in [6, 6.07) is 0.410. The summed E-state index contributed by atoms with van der Waals surface area (Å²) < 4.78 is 13.2. The lowest BCUT2D eigenvalue weighted by molar-refractivity contribution is -0.0682. The van der Waals surface area contributed by atoms with Gasteiger partial charge in [0, 0.05) is 6.04 Å². The van der Waals surface area contributed by atoms with E-state index in [0.29, 0.717) is 23.0 Å². The summed E-state index contributed by atoms with van der Waals surface area (Å²) in [4.78, 5) is 13.1. The van der Waals surface area contributed by atoms with Gasteiger partial charge >= 0.3 is 0 Å². The molecule has 0 aromatic carbocycles. The van der Waals surface area contributed by atoms with Gasteiger partial charge in [-0.1, -0.05) is 12.8 Å². The molecule has 27 heavy (non-hydrogen) atoms. The van der Waals surface area contributed by atoms with Gasteiger partial charge in [0.1, 0.15) is 24.6 Å². The Morgan fingerprint density at radius 1 is 1.11 bits per heavy atom. The van der Waals surface area contributed by atoms with Gasteiger partial charge in [-0.2, -0.15) is 0 Å². The van der Waals surface area contributed by atoms with Gasteiger partial charge in [0.25, 0.3) is 0 Å². The Bertz CT molecular complexity index is 804. The summed E-state index contributed by atoms with van der Waals surface area (Å²) in [6.45, 7) is 0.273. The van der Waals surface area contributed by atoms with Crippen molar-refractivity contribution >= 4 is 17.0 Å². The van der Waals surface area contributed by atoms with Crippen LogP contribution in [0.25, 0.3) is 11.2 Å². The predicted molar refractivity (Wildman–Crippen MR) is 96.1 cm³/mol. The average molecular weight is 375 g/mol. The van der Waals surface area contributed by atoms with Crippen molar-refractivity contribution in [2.45, 2.75) is 75.2 Å². The van der Waals surface area contributed by atoms with E-state index in [0.717, 1.165) is 25.7 Å². The maximum atomic E-state index is 10.5. The molecule has 2 aromatic heterocycles. The Hall–Kier alpha value is -1.81. The highest BCUT2D eigenvalue weighted by molar-refractivity contribution is 5.82. The zero-order chi connectivity index (χ0) is 18.4. The molecule has 1 aliphatic heterocycles. The summed E-state index contributed by atoms with van der Waals surface area (Å²) in [5.74, 6) is 0.701. The SMILES string of the molecule is O[C@@H]1[C@H](O)[C@@H](COC2CC2)O[C@H]1n1cnc2c(NC3CCCC3)ncnc21. The highest BCUT2D eigenvalue weighted by Crippen LogP contribution is 2.34. The van der Waals surface area contributed by atoms with Crippen molar-refractivity contribution in [3.05, 3.63) is 12.7 Å². The van der Waals surface area contributed by atoms with Crippen LogP contribution in [0, 0.1) is 0 Å². The Kier molecular flexibility index (Phi) is 4.47. The van der Waals surface area contributed by atoms with E-state index in [1.807, 2.05) is 0 Å². The lowest BCUT2D eigenvalue weighted by Crippen LogP contribution is -2.34. The molecule has 4 atom stereocenters. The largest absolute Gasteiger partial charge is 0.387 e. The number of aromatic nitrogens is 4. The van der Waals surface area contributed by atoms with Gasteiger partial charge in [-0.3, -0.25) is 4.57 Å². The van der Waals surface area contributed by atoms with Crippen molar-refractivity contribution in [2.75, 3.05) is 11.9 Å². The van der Waals surface area contributed by atoms with Crippen molar-refractivity contribution in [3.8, 4) is 0 Å². The van der Waals surface area contributed by atoms with Gasteiger partial charge in [-0.15, -0.1) is 0 Å². The summed E-state index contributed by atoms with van der Waals surface area (Å²) >= 11 is 0. The fourth-order valence-corrected chi connectivity index (χ4v) is 3.97. The van der Waals surface area contributed by atoms with Crippen LogP contribution in [0.15, 0.2) is 12.7 Å². The smallest absolute Gasteiger partial charge is 0.167 e. The van der Waals surface area contributed by atoms with Crippen molar-refractivity contribution in [1.82, 2.24) is 19.5 Å². The van der Waals surface area contributed by atoms with Crippen LogP contribution in [0.4, 0.5) is 5.82 Å². The van der Waals surface area contributed by atoms with Gasteiger partial charge in [0.2, 0.25) is 0 Å². The minimum absolute atomic E-state index is 0.267. The molecule has 3 fully saturated rings. The zero-order valence-electron chi connectivity index (χ0n) is 15.1. The number of anilines is 1.